The highest BCUT2D eigenvalue weighted by Gasteiger charge is 2.10. The molecule has 2 N–H and O–H groups in total. The summed E-state index contributed by atoms with van der Waals surface area (Å²) in [6.07, 6.45) is 9.55. The van der Waals surface area contributed by atoms with E-state index < -0.39 is 11.7 Å². The molecule has 25 heavy (non-hydrogen) atoms. The van der Waals surface area contributed by atoms with Gasteiger partial charge in [-0.15, -0.1) is 0 Å². The van der Waals surface area contributed by atoms with Gasteiger partial charge in [-0.05, 0) is 50.3 Å². The number of hydrogen-bond donors (Lipinski definition) is 2. The highest BCUT2D eigenvalue weighted by atomic mass is 19.1. The van der Waals surface area contributed by atoms with Crippen LogP contribution in [0.5, 0.6) is 0 Å². The Morgan fingerprint density at radius 2 is 2.12 bits per heavy atom. The number of carbonyl (C=O) groups is 1. The van der Waals surface area contributed by atoms with Crippen LogP contribution >= 0.6 is 0 Å². The maximum atomic E-state index is 13.2. The molecule has 0 atom stereocenters. The monoisotopic (exact) mass is 340 g/mol. The van der Waals surface area contributed by atoms with Gasteiger partial charge in [0, 0.05) is 18.3 Å². The molecule has 1 aliphatic rings. The van der Waals surface area contributed by atoms with Crippen molar-refractivity contribution in [2.75, 3.05) is 17.2 Å². The molecule has 0 spiro atoms. The van der Waals surface area contributed by atoms with Crippen molar-refractivity contribution in [1.82, 2.24) is 9.97 Å². The summed E-state index contributed by atoms with van der Waals surface area (Å²) < 4.78 is 13.2. The number of allylic oxidation sites excluding steroid dienone is 1. The van der Waals surface area contributed by atoms with Gasteiger partial charge in [0.1, 0.15) is 23.7 Å². The summed E-state index contributed by atoms with van der Waals surface area (Å²) in [5.74, 6) is -0.193. The third kappa shape index (κ3) is 5.11. The van der Waals surface area contributed by atoms with Gasteiger partial charge in [0.15, 0.2) is 0 Å². The number of nitrogens with one attached hydrogen (secondary N) is 2. The molecule has 0 saturated heterocycles. The minimum absolute atomic E-state index is 0.235. The van der Waals surface area contributed by atoms with Crippen LogP contribution in [-0.4, -0.2) is 22.4 Å². The van der Waals surface area contributed by atoms with E-state index in [1.54, 1.807) is 12.1 Å². The van der Waals surface area contributed by atoms with Gasteiger partial charge in [-0.25, -0.2) is 14.4 Å². The van der Waals surface area contributed by atoms with Crippen LogP contribution in [0.4, 0.5) is 15.9 Å². The normalized spacial score (nSPS) is 13.9. The Balaban J connectivity index is 1.56. The van der Waals surface area contributed by atoms with Crippen molar-refractivity contribution in [3.8, 4) is 0 Å². The van der Waals surface area contributed by atoms with Crippen molar-refractivity contribution in [2.45, 2.75) is 32.1 Å². The van der Waals surface area contributed by atoms with Crippen molar-refractivity contribution < 1.29 is 9.18 Å². The lowest BCUT2D eigenvalue weighted by atomic mass is 9.97. The minimum Gasteiger partial charge on any atom is -0.370 e. The molecular weight excluding hydrogens is 319 g/mol. The summed E-state index contributed by atoms with van der Waals surface area (Å²) in [5.41, 5.74) is 2.11. The van der Waals surface area contributed by atoms with E-state index >= 15 is 0 Å². The SMILES string of the molecule is O=C(Nc1cccc(F)c1)c1cc(NCCC2=CCCCC2)ncn1. The lowest BCUT2D eigenvalue weighted by Crippen LogP contribution is -2.15. The Hall–Kier alpha value is -2.76. The Morgan fingerprint density at radius 3 is 2.92 bits per heavy atom. The van der Waals surface area contributed by atoms with Crippen LogP contribution in [0.25, 0.3) is 0 Å². The molecule has 1 aromatic heterocycles. The van der Waals surface area contributed by atoms with Crippen LogP contribution in [0.3, 0.4) is 0 Å². The summed E-state index contributed by atoms with van der Waals surface area (Å²) in [6.45, 7) is 0.772. The Morgan fingerprint density at radius 1 is 1.20 bits per heavy atom. The van der Waals surface area contributed by atoms with Crippen molar-refractivity contribution in [3.63, 3.8) is 0 Å². The van der Waals surface area contributed by atoms with Crippen LogP contribution in [-0.2, 0) is 0 Å². The number of nitrogens with zero attached hydrogens (tertiary/aromatic N) is 2. The fraction of sp³-hybridized carbons (Fsp3) is 0.316. The molecule has 1 aromatic carbocycles. The molecule has 1 aliphatic carbocycles. The molecule has 0 radical (unpaired) electrons. The number of hydrogen-bond acceptors (Lipinski definition) is 4. The van der Waals surface area contributed by atoms with Gasteiger partial charge in [0.2, 0.25) is 0 Å². The Kier molecular flexibility index (Phi) is 5.72. The molecule has 0 unspecified atom stereocenters. The molecule has 0 aliphatic heterocycles. The number of rotatable bonds is 6. The van der Waals surface area contributed by atoms with Crippen LogP contribution in [0.15, 0.2) is 48.3 Å². The van der Waals surface area contributed by atoms with Gasteiger partial charge in [0.05, 0.1) is 0 Å². The molecule has 5 nitrogen and oxygen atoms in total. The second-order valence-corrected chi connectivity index (χ2v) is 6.04. The molecule has 3 rings (SSSR count). The van der Waals surface area contributed by atoms with E-state index in [2.05, 4.69) is 26.7 Å². The third-order valence-corrected chi connectivity index (χ3v) is 4.12. The first-order valence-corrected chi connectivity index (χ1v) is 8.51. The number of benzene rings is 1. The molecule has 1 heterocycles. The lowest BCUT2D eigenvalue weighted by molar-refractivity contribution is 0.102. The van der Waals surface area contributed by atoms with Crippen LogP contribution < -0.4 is 10.6 Å². The van der Waals surface area contributed by atoms with E-state index in [4.69, 9.17) is 0 Å². The van der Waals surface area contributed by atoms with Gasteiger partial charge >= 0.3 is 0 Å². The van der Waals surface area contributed by atoms with Crippen molar-refractivity contribution in [3.05, 3.63) is 59.8 Å². The maximum absolute atomic E-state index is 13.2. The van der Waals surface area contributed by atoms with Crippen LogP contribution in [0.2, 0.25) is 0 Å². The van der Waals surface area contributed by atoms with Gasteiger partial charge in [-0.3, -0.25) is 4.79 Å². The third-order valence-electron chi connectivity index (χ3n) is 4.12. The highest BCUT2D eigenvalue weighted by molar-refractivity contribution is 6.03. The van der Waals surface area contributed by atoms with E-state index in [1.807, 2.05) is 0 Å². The second-order valence-electron chi connectivity index (χ2n) is 6.04. The average molecular weight is 340 g/mol. The zero-order chi connectivity index (χ0) is 17.5. The smallest absolute Gasteiger partial charge is 0.274 e. The summed E-state index contributed by atoms with van der Waals surface area (Å²) >= 11 is 0. The Labute approximate surface area is 146 Å². The summed E-state index contributed by atoms with van der Waals surface area (Å²) in [6, 6.07) is 7.35. The van der Waals surface area contributed by atoms with E-state index in [1.165, 1.54) is 55.8 Å². The number of aromatic nitrogens is 2. The molecule has 130 valence electrons. The van der Waals surface area contributed by atoms with E-state index in [0.717, 1.165) is 13.0 Å². The first-order chi connectivity index (χ1) is 12.2. The fourth-order valence-corrected chi connectivity index (χ4v) is 2.82. The maximum Gasteiger partial charge on any atom is 0.274 e. The summed E-state index contributed by atoms with van der Waals surface area (Å²) in [4.78, 5) is 20.4. The van der Waals surface area contributed by atoms with Crippen LogP contribution in [0.1, 0.15) is 42.6 Å². The zero-order valence-electron chi connectivity index (χ0n) is 14.0. The van der Waals surface area contributed by atoms with Gasteiger partial charge in [0.25, 0.3) is 5.91 Å². The van der Waals surface area contributed by atoms with Gasteiger partial charge < -0.3 is 10.6 Å². The first-order valence-electron chi connectivity index (χ1n) is 8.51. The fourth-order valence-electron chi connectivity index (χ4n) is 2.82. The summed E-state index contributed by atoms with van der Waals surface area (Å²) in [5, 5.41) is 5.86. The predicted molar refractivity (Wildman–Crippen MR) is 96.0 cm³/mol. The number of anilines is 2. The number of carbonyl (C=O) groups excluding carboxylic acids is 1. The second kappa shape index (κ2) is 8.37. The first kappa shape index (κ1) is 17.1. The minimum atomic E-state index is -0.403. The molecule has 0 saturated carbocycles. The van der Waals surface area contributed by atoms with Crippen molar-refractivity contribution in [2.24, 2.45) is 0 Å². The van der Waals surface area contributed by atoms with E-state index in [-0.39, 0.29) is 5.69 Å². The topological polar surface area (TPSA) is 66.9 Å². The largest absolute Gasteiger partial charge is 0.370 e. The summed E-state index contributed by atoms with van der Waals surface area (Å²) in [7, 11) is 0. The average Bonchev–Trinajstić information content (AvgIpc) is 2.63. The van der Waals surface area contributed by atoms with Crippen molar-refractivity contribution >= 4 is 17.4 Å². The van der Waals surface area contributed by atoms with E-state index in [9.17, 15) is 9.18 Å². The molecule has 0 bridgehead atoms. The predicted octanol–water partition coefficient (Wildman–Crippen LogP) is 4.17. The molecule has 0 fully saturated rings. The van der Waals surface area contributed by atoms with Crippen molar-refractivity contribution in [1.29, 1.82) is 0 Å². The lowest BCUT2D eigenvalue weighted by Gasteiger charge is -2.13. The highest BCUT2D eigenvalue weighted by Crippen LogP contribution is 2.20. The molecule has 2 aromatic rings. The number of amides is 1. The Bertz CT molecular complexity index is 776. The zero-order valence-corrected chi connectivity index (χ0v) is 14.0. The molecule has 1 amide bonds. The molecular formula is C19H21FN4O. The van der Waals surface area contributed by atoms with Crippen LogP contribution in [0, 0.1) is 5.82 Å². The van der Waals surface area contributed by atoms with E-state index in [0.29, 0.717) is 11.5 Å². The van der Waals surface area contributed by atoms with Gasteiger partial charge in [-0.2, -0.15) is 0 Å². The quantitative estimate of drug-likeness (QED) is 0.775. The standard InChI is InChI=1S/C19H21FN4O/c20-15-7-4-8-16(11-15)24-19(25)17-12-18(23-13-22-17)21-10-9-14-5-2-1-3-6-14/h4-5,7-8,11-13H,1-3,6,9-10H2,(H,24,25)(H,21,22,23). The van der Waals surface area contributed by atoms with Gasteiger partial charge in [-0.1, -0.05) is 17.7 Å². The number of halogens is 1. The molecule has 6 heteroatoms.